The first-order valence-electron chi connectivity index (χ1n) is 12.9. The number of nitrogens with one attached hydrogen (secondary N) is 1. The minimum Gasteiger partial charge on any atom is -0.352 e. The van der Waals surface area contributed by atoms with E-state index < -0.39 is 16.1 Å². The van der Waals surface area contributed by atoms with Gasteiger partial charge in [0.2, 0.25) is 21.8 Å². The van der Waals surface area contributed by atoms with E-state index in [-0.39, 0.29) is 30.8 Å². The van der Waals surface area contributed by atoms with Crippen molar-refractivity contribution in [3.8, 4) is 0 Å². The second-order valence-electron chi connectivity index (χ2n) is 9.95. The molecule has 0 heterocycles. The Hall–Kier alpha value is -2.39. The summed E-state index contributed by atoms with van der Waals surface area (Å²) in [6.07, 6.45) is 7.01. The molecule has 0 bridgehead atoms. The second-order valence-corrected chi connectivity index (χ2v) is 12.8. The number of nitrogens with zero attached hydrogens (tertiary/aromatic N) is 2. The molecule has 0 radical (unpaired) electrons. The first-order valence-corrected chi connectivity index (χ1v) is 15.6. The molecule has 3 rings (SSSR count). The molecule has 1 N–H and O–H groups in total. The molecule has 1 aliphatic rings. The average Bonchev–Trinajstić information content (AvgIpc) is 2.85. The van der Waals surface area contributed by atoms with E-state index in [2.05, 4.69) is 21.2 Å². The summed E-state index contributed by atoms with van der Waals surface area (Å²) in [6, 6.07) is 14.5. The van der Waals surface area contributed by atoms with Crippen LogP contribution >= 0.6 is 15.9 Å². The highest BCUT2D eigenvalue weighted by Gasteiger charge is 2.28. The van der Waals surface area contributed by atoms with Gasteiger partial charge in [0, 0.05) is 30.0 Å². The molecule has 9 heteroatoms. The fourth-order valence-corrected chi connectivity index (χ4v) is 5.95. The van der Waals surface area contributed by atoms with E-state index in [1.807, 2.05) is 49.4 Å². The minimum atomic E-state index is -3.51. The zero-order valence-electron chi connectivity index (χ0n) is 22.0. The SMILES string of the molecule is Cc1cccc(N(CCCC(=O)N(Cc2ccc(Br)cc2)[C@@H](C)C(=O)NC2CCCCC2)S(C)(=O)=O)c1. The van der Waals surface area contributed by atoms with Gasteiger partial charge in [0.25, 0.3) is 0 Å². The molecule has 2 amide bonds. The van der Waals surface area contributed by atoms with Gasteiger partial charge >= 0.3 is 0 Å². The maximum atomic E-state index is 13.4. The van der Waals surface area contributed by atoms with Crippen molar-refractivity contribution in [2.24, 2.45) is 0 Å². The lowest BCUT2D eigenvalue weighted by atomic mass is 9.95. The molecule has 202 valence electrons. The van der Waals surface area contributed by atoms with Crippen LogP contribution in [0.4, 0.5) is 5.69 Å². The molecule has 2 aromatic rings. The van der Waals surface area contributed by atoms with Crippen LogP contribution in [0.5, 0.6) is 0 Å². The molecular formula is C28H38BrN3O4S. The minimum absolute atomic E-state index is 0.134. The highest BCUT2D eigenvalue weighted by Crippen LogP contribution is 2.21. The third-order valence-electron chi connectivity index (χ3n) is 6.83. The largest absolute Gasteiger partial charge is 0.352 e. The fraction of sp³-hybridized carbons (Fsp3) is 0.500. The molecule has 1 aliphatic carbocycles. The molecule has 1 fully saturated rings. The van der Waals surface area contributed by atoms with Gasteiger partial charge in [0.15, 0.2) is 0 Å². The predicted molar refractivity (Wildman–Crippen MR) is 152 cm³/mol. The van der Waals surface area contributed by atoms with Crippen molar-refractivity contribution >= 4 is 43.5 Å². The number of carbonyl (C=O) groups excluding carboxylic acids is 2. The Bertz CT molecular complexity index is 1160. The van der Waals surface area contributed by atoms with Gasteiger partial charge < -0.3 is 10.2 Å². The molecule has 0 spiro atoms. The van der Waals surface area contributed by atoms with Gasteiger partial charge in [-0.3, -0.25) is 13.9 Å². The molecule has 7 nitrogen and oxygen atoms in total. The van der Waals surface area contributed by atoms with Gasteiger partial charge in [-0.05, 0) is 68.5 Å². The summed E-state index contributed by atoms with van der Waals surface area (Å²) in [7, 11) is -3.51. The Kier molecular flexibility index (Phi) is 10.6. The van der Waals surface area contributed by atoms with Gasteiger partial charge in [-0.25, -0.2) is 8.42 Å². The van der Waals surface area contributed by atoms with Crippen molar-refractivity contribution < 1.29 is 18.0 Å². The summed E-state index contributed by atoms with van der Waals surface area (Å²) in [6.45, 7) is 4.17. The van der Waals surface area contributed by atoms with Crippen LogP contribution in [0.3, 0.4) is 0 Å². The summed E-state index contributed by atoms with van der Waals surface area (Å²) in [4.78, 5) is 28.2. The Balaban J connectivity index is 1.71. The molecular weight excluding hydrogens is 554 g/mol. The van der Waals surface area contributed by atoms with Crippen molar-refractivity contribution in [1.82, 2.24) is 10.2 Å². The lowest BCUT2D eigenvalue weighted by molar-refractivity contribution is -0.141. The van der Waals surface area contributed by atoms with E-state index >= 15 is 0 Å². The first kappa shape index (κ1) is 29.2. The number of amides is 2. The molecule has 0 saturated heterocycles. The Labute approximate surface area is 229 Å². The molecule has 1 saturated carbocycles. The van der Waals surface area contributed by atoms with Crippen molar-refractivity contribution in [3.63, 3.8) is 0 Å². The summed E-state index contributed by atoms with van der Waals surface area (Å²) in [5.41, 5.74) is 2.47. The van der Waals surface area contributed by atoms with Crippen LogP contribution in [0.1, 0.15) is 63.0 Å². The normalized spacial score (nSPS) is 15.1. The lowest BCUT2D eigenvalue weighted by Gasteiger charge is -2.31. The molecule has 0 aromatic heterocycles. The third kappa shape index (κ3) is 8.85. The molecule has 0 aliphatic heterocycles. The number of anilines is 1. The van der Waals surface area contributed by atoms with Gasteiger partial charge in [0.05, 0.1) is 11.9 Å². The number of benzene rings is 2. The van der Waals surface area contributed by atoms with Crippen LogP contribution in [0.25, 0.3) is 0 Å². The van der Waals surface area contributed by atoms with E-state index in [0.29, 0.717) is 18.7 Å². The van der Waals surface area contributed by atoms with Crippen LogP contribution in [0.15, 0.2) is 53.0 Å². The maximum absolute atomic E-state index is 13.4. The zero-order chi connectivity index (χ0) is 27.0. The Morgan fingerprint density at radius 3 is 2.38 bits per heavy atom. The summed E-state index contributed by atoms with van der Waals surface area (Å²) in [5, 5.41) is 3.14. The van der Waals surface area contributed by atoms with Gasteiger partial charge in [-0.15, -0.1) is 0 Å². The number of halogens is 1. The number of aryl methyl sites for hydroxylation is 1. The quantitative estimate of drug-likeness (QED) is 0.390. The molecule has 37 heavy (non-hydrogen) atoms. The fourth-order valence-electron chi connectivity index (χ4n) is 4.72. The van der Waals surface area contributed by atoms with E-state index in [1.54, 1.807) is 17.9 Å². The van der Waals surface area contributed by atoms with Crippen molar-refractivity contribution in [3.05, 3.63) is 64.1 Å². The highest BCUT2D eigenvalue weighted by atomic mass is 79.9. The topological polar surface area (TPSA) is 86.8 Å². The first-order chi connectivity index (χ1) is 17.5. The molecule has 1 atom stereocenters. The van der Waals surface area contributed by atoms with E-state index in [4.69, 9.17) is 0 Å². The monoisotopic (exact) mass is 591 g/mol. The number of hydrogen-bond acceptors (Lipinski definition) is 4. The summed E-state index contributed by atoms with van der Waals surface area (Å²) < 4.78 is 27.2. The smallest absolute Gasteiger partial charge is 0.242 e. The molecule has 2 aromatic carbocycles. The van der Waals surface area contributed by atoms with Crippen LogP contribution in [0.2, 0.25) is 0 Å². The van der Waals surface area contributed by atoms with E-state index in [1.165, 1.54) is 17.0 Å². The Morgan fingerprint density at radius 1 is 1.08 bits per heavy atom. The maximum Gasteiger partial charge on any atom is 0.242 e. The number of rotatable bonds is 11. The van der Waals surface area contributed by atoms with Gasteiger partial charge in [-0.1, -0.05) is 59.5 Å². The standard InChI is InChI=1S/C28H38BrN3O4S/c1-21-9-7-12-26(19-21)32(37(3,35)36)18-8-13-27(33)31(20-23-14-16-24(29)17-15-23)22(2)28(34)30-25-10-5-4-6-11-25/h7,9,12,14-17,19,22,25H,4-6,8,10-11,13,18,20H2,1-3H3,(H,30,34)/t22-/m0/s1. The van der Waals surface area contributed by atoms with Crippen molar-refractivity contribution in [2.45, 2.75) is 77.4 Å². The van der Waals surface area contributed by atoms with Crippen LogP contribution < -0.4 is 9.62 Å². The van der Waals surface area contributed by atoms with Crippen molar-refractivity contribution in [2.75, 3.05) is 17.1 Å². The van der Waals surface area contributed by atoms with Gasteiger partial charge in [-0.2, -0.15) is 0 Å². The van der Waals surface area contributed by atoms with Crippen LogP contribution in [-0.2, 0) is 26.2 Å². The third-order valence-corrected chi connectivity index (χ3v) is 8.55. The average molecular weight is 593 g/mol. The number of sulfonamides is 1. The molecule has 0 unspecified atom stereocenters. The lowest BCUT2D eigenvalue weighted by Crippen LogP contribution is -2.50. The zero-order valence-corrected chi connectivity index (χ0v) is 24.4. The van der Waals surface area contributed by atoms with Crippen molar-refractivity contribution in [1.29, 1.82) is 0 Å². The van der Waals surface area contributed by atoms with Crippen LogP contribution in [-0.4, -0.2) is 50.0 Å². The predicted octanol–water partition coefficient (Wildman–Crippen LogP) is 5.17. The van der Waals surface area contributed by atoms with E-state index in [0.717, 1.165) is 41.3 Å². The van der Waals surface area contributed by atoms with Gasteiger partial charge in [0.1, 0.15) is 6.04 Å². The summed E-state index contributed by atoms with van der Waals surface area (Å²) >= 11 is 3.44. The van der Waals surface area contributed by atoms with Crippen LogP contribution in [0, 0.1) is 6.92 Å². The Morgan fingerprint density at radius 2 is 1.76 bits per heavy atom. The summed E-state index contributed by atoms with van der Waals surface area (Å²) in [5.74, 6) is -0.318. The highest BCUT2D eigenvalue weighted by molar-refractivity contribution is 9.10. The second kappa shape index (κ2) is 13.4. The van der Waals surface area contributed by atoms with E-state index in [9.17, 15) is 18.0 Å². The number of carbonyl (C=O) groups is 2. The number of hydrogen-bond donors (Lipinski definition) is 1.